The third kappa shape index (κ3) is 5.79. The first-order chi connectivity index (χ1) is 12.1. The van der Waals surface area contributed by atoms with Crippen LogP contribution in [-0.2, 0) is 6.42 Å². The number of rotatable bonds is 4. The van der Waals surface area contributed by atoms with Crippen LogP contribution in [0.3, 0.4) is 0 Å². The lowest BCUT2D eigenvalue weighted by Crippen LogP contribution is -1.90. The highest BCUT2D eigenvalue weighted by molar-refractivity contribution is 5.64. The molecule has 0 aliphatic carbocycles. The molecule has 0 fully saturated rings. The van der Waals surface area contributed by atoms with Crippen LogP contribution in [0.1, 0.15) is 37.9 Å². The van der Waals surface area contributed by atoms with Crippen molar-refractivity contribution >= 4 is 0 Å². The molecule has 0 bridgehead atoms. The van der Waals surface area contributed by atoms with Crippen molar-refractivity contribution in [3.63, 3.8) is 0 Å². The van der Waals surface area contributed by atoms with E-state index in [0.29, 0.717) is 5.75 Å². The van der Waals surface area contributed by atoms with Gasteiger partial charge in [-0.1, -0.05) is 80.1 Å². The van der Waals surface area contributed by atoms with Gasteiger partial charge < -0.3 is 5.11 Å². The summed E-state index contributed by atoms with van der Waals surface area (Å²) in [7, 11) is 0. The molecular formula is C24H30O. The summed E-state index contributed by atoms with van der Waals surface area (Å²) in [5.41, 5.74) is 6.46. The van der Waals surface area contributed by atoms with Gasteiger partial charge in [-0.3, -0.25) is 0 Å². The van der Waals surface area contributed by atoms with Gasteiger partial charge in [0.05, 0.1) is 0 Å². The molecule has 0 aromatic heterocycles. The maximum atomic E-state index is 8.92. The number of unbranched alkanes of at least 4 members (excludes halogenated alkanes) is 1. The molecule has 0 radical (unpaired) electrons. The van der Waals surface area contributed by atoms with Crippen LogP contribution in [0.4, 0.5) is 0 Å². The second-order valence-electron chi connectivity index (χ2n) is 6.40. The minimum atomic E-state index is 0. The monoisotopic (exact) mass is 334 g/mol. The van der Waals surface area contributed by atoms with Crippen LogP contribution in [0.25, 0.3) is 11.1 Å². The molecule has 0 saturated carbocycles. The van der Waals surface area contributed by atoms with Crippen LogP contribution in [0.15, 0.2) is 72.8 Å². The number of phenolic OH excluding ortho intramolecular Hbond substituents is 1. The van der Waals surface area contributed by atoms with E-state index in [4.69, 9.17) is 5.11 Å². The van der Waals surface area contributed by atoms with E-state index in [1.54, 1.807) is 6.07 Å². The molecule has 0 spiro atoms. The Morgan fingerprint density at radius 2 is 1.44 bits per heavy atom. The largest absolute Gasteiger partial charge is 0.508 e. The smallest absolute Gasteiger partial charge is 0.118 e. The number of hydrogen-bond donors (Lipinski definition) is 1. The van der Waals surface area contributed by atoms with Gasteiger partial charge >= 0.3 is 0 Å². The molecule has 0 aliphatic rings. The number of benzene rings is 3. The zero-order valence-electron chi connectivity index (χ0n) is 15.5. The zero-order valence-corrected chi connectivity index (χ0v) is 15.5. The third-order valence-electron chi connectivity index (χ3n) is 4.36. The fraction of sp³-hybridized carbons (Fsp3) is 0.250. The fourth-order valence-electron chi connectivity index (χ4n) is 2.72. The van der Waals surface area contributed by atoms with Crippen molar-refractivity contribution in [2.75, 3.05) is 0 Å². The van der Waals surface area contributed by atoms with Crippen LogP contribution >= 0.6 is 0 Å². The van der Waals surface area contributed by atoms with Crippen molar-refractivity contribution in [3.05, 3.63) is 89.5 Å². The number of phenols is 1. The van der Waals surface area contributed by atoms with Crippen molar-refractivity contribution in [3.8, 4) is 16.9 Å². The van der Waals surface area contributed by atoms with Crippen LogP contribution in [0.5, 0.6) is 5.75 Å². The molecule has 0 saturated heterocycles. The van der Waals surface area contributed by atoms with Crippen LogP contribution < -0.4 is 0 Å². The second kappa shape index (κ2) is 9.68. The Labute approximate surface area is 153 Å². The average Bonchev–Trinajstić information content (AvgIpc) is 2.64. The van der Waals surface area contributed by atoms with Gasteiger partial charge in [-0.25, -0.2) is 0 Å². The van der Waals surface area contributed by atoms with E-state index in [9.17, 15) is 0 Å². The van der Waals surface area contributed by atoms with Gasteiger partial charge in [-0.05, 0) is 60.6 Å². The molecule has 0 heterocycles. The standard InChI is InChI=1S/C17H20.C7H8O.H2/c1-3-4-8-15-11-12-17(13-14(15)2)16-9-6-5-7-10-16;1-6-4-2-3-5-7(6)8;/h5-7,9-13H,3-4,8H2,1-2H3;2-5,8H,1H3;1H. The number of hydrogen-bond acceptors (Lipinski definition) is 1. The highest BCUT2D eigenvalue weighted by Gasteiger charge is 2.01. The molecule has 3 aromatic rings. The Kier molecular flexibility index (Phi) is 7.28. The first kappa shape index (κ1) is 18.8. The lowest BCUT2D eigenvalue weighted by Gasteiger charge is -2.08. The topological polar surface area (TPSA) is 20.2 Å². The van der Waals surface area contributed by atoms with Gasteiger partial charge in [-0.15, -0.1) is 0 Å². The molecular weight excluding hydrogens is 304 g/mol. The summed E-state index contributed by atoms with van der Waals surface area (Å²) in [5, 5.41) is 8.92. The summed E-state index contributed by atoms with van der Waals surface area (Å²) in [6, 6.07) is 24.7. The van der Waals surface area contributed by atoms with Gasteiger partial charge in [0.25, 0.3) is 0 Å². The zero-order chi connectivity index (χ0) is 18.1. The van der Waals surface area contributed by atoms with Crippen LogP contribution in [0, 0.1) is 13.8 Å². The first-order valence-electron chi connectivity index (χ1n) is 9.01. The van der Waals surface area contributed by atoms with Gasteiger partial charge in [0.2, 0.25) is 0 Å². The summed E-state index contributed by atoms with van der Waals surface area (Å²) in [6.07, 6.45) is 3.75. The van der Waals surface area contributed by atoms with Gasteiger partial charge in [0, 0.05) is 1.43 Å². The van der Waals surface area contributed by atoms with Gasteiger partial charge in [-0.2, -0.15) is 0 Å². The quantitative estimate of drug-likeness (QED) is 0.547. The average molecular weight is 335 g/mol. The van der Waals surface area contributed by atoms with E-state index >= 15 is 0 Å². The predicted molar refractivity (Wildman–Crippen MR) is 110 cm³/mol. The van der Waals surface area contributed by atoms with Crippen molar-refractivity contribution in [2.24, 2.45) is 0 Å². The first-order valence-corrected chi connectivity index (χ1v) is 9.01. The van der Waals surface area contributed by atoms with Crippen molar-refractivity contribution < 1.29 is 6.53 Å². The number of aromatic hydroxyl groups is 1. The maximum Gasteiger partial charge on any atom is 0.118 e. The van der Waals surface area contributed by atoms with Crippen molar-refractivity contribution in [2.45, 2.75) is 40.0 Å². The summed E-state index contributed by atoms with van der Waals surface area (Å²) in [6.45, 7) is 6.33. The van der Waals surface area contributed by atoms with Crippen LogP contribution in [-0.4, -0.2) is 5.11 Å². The Balaban J connectivity index is 0.000000318. The molecule has 0 atom stereocenters. The van der Waals surface area contributed by atoms with E-state index in [2.05, 4.69) is 62.4 Å². The van der Waals surface area contributed by atoms with E-state index < -0.39 is 0 Å². The van der Waals surface area contributed by atoms with E-state index in [1.165, 1.54) is 41.5 Å². The Hall–Kier alpha value is -2.54. The van der Waals surface area contributed by atoms with Crippen molar-refractivity contribution in [1.29, 1.82) is 0 Å². The summed E-state index contributed by atoms with van der Waals surface area (Å²) < 4.78 is 0. The van der Waals surface area contributed by atoms with E-state index in [0.717, 1.165) is 5.56 Å². The molecule has 25 heavy (non-hydrogen) atoms. The third-order valence-corrected chi connectivity index (χ3v) is 4.36. The summed E-state index contributed by atoms with van der Waals surface area (Å²) in [5.74, 6) is 0.368. The highest BCUT2D eigenvalue weighted by Crippen LogP contribution is 2.22. The molecule has 1 N–H and O–H groups in total. The van der Waals surface area contributed by atoms with Crippen LogP contribution in [0.2, 0.25) is 0 Å². The summed E-state index contributed by atoms with van der Waals surface area (Å²) >= 11 is 0. The Morgan fingerprint density at radius 1 is 0.760 bits per heavy atom. The maximum absolute atomic E-state index is 8.92. The van der Waals surface area contributed by atoms with E-state index in [-0.39, 0.29) is 1.43 Å². The number of aryl methyl sites for hydroxylation is 3. The normalized spacial score (nSPS) is 10.0. The molecule has 1 heteroatoms. The lowest BCUT2D eigenvalue weighted by atomic mass is 9.97. The SMILES string of the molecule is CCCCc1ccc(-c2ccccc2)cc1C.Cc1ccccc1O.[HH]. The van der Waals surface area contributed by atoms with Gasteiger partial charge in [0.1, 0.15) is 5.75 Å². The molecule has 0 aliphatic heterocycles. The van der Waals surface area contributed by atoms with Crippen molar-refractivity contribution in [1.82, 2.24) is 0 Å². The number of para-hydroxylation sites is 1. The molecule has 0 unspecified atom stereocenters. The molecule has 0 amide bonds. The minimum Gasteiger partial charge on any atom is -0.508 e. The Morgan fingerprint density at radius 3 is 2.00 bits per heavy atom. The second-order valence-corrected chi connectivity index (χ2v) is 6.40. The summed E-state index contributed by atoms with van der Waals surface area (Å²) in [4.78, 5) is 0. The molecule has 1 nitrogen and oxygen atoms in total. The molecule has 132 valence electrons. The fourth-order valence-corrected chi connectivity index (χ4v) is 2.72. The van der Waals surface area contributed by atoms with E-state index in [1.807, 2.05) is 25.1 Å². The molecule has 3 aromatic carbocycles. The lowest BCUT2D eigenvalue weighted by molar-refractivity contribution is 0.471. The van der Waals surface area contributed by atoms with Gasteiger partial charge in [0.15, 0.2) is 0 Å². The Bertz CT molecular complexity index is 760. The molecule has 3 rings (SSSR count). The predicted octanol–water partition coefficient (Wildman–Crippen LogP) is 6.95. The highest BCUT2D eigenvalue weighted by atomic mass is 16.3. The minimum absolute atomic E-state index is 0.